The van der Waals surface area contributed by atoms with Crippen LogP contribution in [0.1, 0.15) is 38.8 Å². The van der Waals surface area contributed by atoms with E-state index in [1.807, 2.05) is 45.0 Å². The number of nitrogens with one attached hydrogen (secondary N) is 1. The number of likely N-dealkylation sites (tertiary alicyclic amines) is 1. The van der Waals surface area contributed by atoms with Crippen molar-refractivity contribution in [2.24, 2.45) is 0 Å². The number of nitrogens with zero attached hydrogens (tertiary/aromatic N) is 2. The Balaban J connectivity index is 1.68. The van der Waals surface area contributed by atoms with Crippen molar-refractivity contribution in [3.8, 4) is 11.3 Å². The topological polar surface area (TPSA) is 58.2 Å². The molecule has 1 unspecified atom stereocenters. The van der Waals surface area contributed by atoms with E-state index in [9.17, 15) is 4.79 Å². The predicted octanol–water partition coefficient (Wildman–Crippen LogP) is 4.56. The third-order valence-corrected chi connectivity index (χ3v) is 4.49. The smallest absolute Gasteiger partial charge is 0.410 e. The van der Waals surface area contributed by atoms with Gasteiger partial charge in [-0.05, 0) is 45.4 Å². The van der Waals surface area contributed by atoms with Crippen LogP contribution >= 0.6 is 15.9 Å². The summed E-state index contributed by atoms with van der Waals surface area (Å²) in [5, 5.41) is 7.55. The van der Waals surface area contributed by atoms with Gasteiger partial charge in [-0.3, -0.25) is 5.10 Å². The summed E-state index contributed by atoms with van der Waals surface area (Å²) < 4.78 is 6.48. The molecule has 1 N–H and O–H groups in total. The van der Waals surface area contributed by atoms with E-state index in [0.717, 1.165) is 27.8 Å². The van der Waals surface area contributed by atoms with Gasteiger partial charge in [-0.2, -0.15) is 5.10 Å². The molecule has 0 bridgehead atoms. The normalized spacial score (nSPS) is 18.0. The number of ether oxygens (including phenoxy) is 1. The van der Waals surface area contributed by atoms with Crippen molar-refractivity contribution < 1.29 is 9.53 Å². The van der Waals surface area contributed by atoms with Crippen molar-refractivity contribution in [2.45, 2.75) is 38.7 Å². The third kappa shape index (κ3) is 3.98. The standard InChI is InChI=1S/C18H22BrN3O2/c1-18(2,3)24-17(23)22-8-7-13(11-22)16-10-15(20-21-16)12-5-4-6-14(19)9-12/h4-6,9-10,13H,7-8,11H2,1-3H3,(H,20,21). The lowest BCUT2D eigenvalue weighted by atomic mass is 10.0. The highest BCUT2D eigenvalue weighted by atomic mass is 79.9. The van der Waals surface area contributed by atoms with Crippen LogP contribution in [0.15, 0.2) is 34.8 Å². The van der Waals surface area contributed by atoms with E-state index >= 15 is 0 Å². The Bertz CT molecular complexity index is 736. The van der Waals surface area contributed by atoms with E-state index in [1.165, 1.54) is 0 Å². The van der Waals surface area contributed by atoms with E-state index in [4.69, 9.17) is 4.74 Å². The molecule has 1 aliphatic heterocycles. The fraction of sp³-hybridized carbons (Fsp3) is 0.444. The molecule has 0 spiro atoms. The van der Waals surface area contributed by atoms with Crippen molar-refractivity contribution in [3.05, 3.63) is 40.5 Å². The lowest BCUT2D eigenvalue weighted by molar-refractivity contribution is 0.0292. The minimum Gasteiger partial charge on any atom is -0.444 e. The average molecular weight is 392 g/mol. The van der Waals surface area contributed by atoms with Gasteiger partial charge < -0.3 is 9.64 Å². The zero-order valence-corrected chi connectivity index (χ0v) is 15.8. The molecule has 1 aromatic carbocycles. The number of carbonyl (C=O) groups is 1. The molecule has 1 aliphatic rings. The monoisotopic (exact) mass is 391 g/mol. The number of hydrogen-bond acceptors (Lipinski definition) is 3. The number of aromatic nitrogens is 2. The zero-order valence-electron chi connectivity index (χ0n) is 14.2. The predicted molar refractivity (Wildman–Crippen MR) is 96.9 cm³/mol. The average Bonchev–Trinajstić information content (AvgIpc) is 3.15. The molecule has 2 heterocycles. The van der Waals surface area contributed by atoms with Crippen LogP contribution in [0, 0.1) is 0 Å². The highest BCUT2D eigenvalue weighted by molar-refractivity contribution is 9.10. The Hall–Kier alpha value is -1.82. The van der Waals surface area contributed by atoms with Gasteiger partial charge in [0.2, 0.25) is 0 Å². The maximum absolute atomic E-state index is 12.2. The summed E-state index contributed by atoms with van der Waals surface area (Å²) in [5.74, 6) is 0.269. The van der Waals surface area contributed by atoms with E-state index in [-0.39, 0.29) is 12.0 Å². The fourth-order valence-electron chi connectivity index (χ4n) is 2.85. The van der Waals surface area contributed by atoms with Gasteiger partial charge in [0.25, 0.3) is 0 Å². The largest absolute Gasteiger partial charge is 0.444 e. The molecule has 5 nitrogen and oxygen atoms in total. The molecule has 0 aliphatic carbocycles. The second kappa shape index (κ2) is 6.59. The summed E-state index contributed by atoms with van der Waals surface area (Å²) in [7, 11) is 0. The fourth-order valence-corrected chi connectivity index (χ4v) is 3.25. The zero-order chi connectivity index (χ0) is 17.3. The summed E-state index contributed by atoms with van der Waals surface area (Å²) in [5.41, 5.74) is 2.59. The molecule has 128 valence electrons. The van der Waals surface area contributed by atoms with Crippen molar-refractivity contribution >= 4 is 22.0 Å². The van der Waals surface area contributed by atoms with Gasteiger partial charge in [0, 0.05) is 34.7 Å². The molecule has 1 aromatic heterocycles. The number of hydrogen-bond donors (Lipinski definition) is 1. The van der Waals surface area contributed by atoms with E-state index < -0.39 is 5.60 Å². The number of amides is 1. The number of aromatic amines is 1. The van der Waals surface area contributed by atoms with Crippen LogP contribution in [0.4, 0.5) is 4.79 Å². The first-order valence-electron chi connectivity index (χ1n) is 8.11. The van der Waals surface area contributed by atoms with Crippen molar-refractivity contribution in [2.75, 3.05) is 13.1 Å². The second-order valence-electron chi connectivity index (χ2n) is 7.13. The maximum Gasteiger partial charge on any atom is 0.410 e. The molecule has 1 atom stereocenters. The molecule has 0 saturated carbocycles. The quantitative estimate of drug-likeness (QED) is 0.815. The van der Waals surface area contributed by atoms with E-state index in [0.29, 0.717) is 13.1 Å². The van der Waals surface area contributed by atoms with Crippen LogP contribution in [0.2, 0.25) is 0 Å². The van der Waals surface area contributed by atoms with Crippen molar-refractivity contribution in [1.82, 2.24) is 15.1 Å². The van der Waals surface area contributed by atoms with Crippen LogP contribution in [-0.4, -0.2) is 39.9 Å². The number of halogens is 1. The number of benzene rings is 1. The van der Waals surface area contributed by atoms with Gasteiger partial charge in [0.1, 0.15) is 5.60 Å². The van der Waals surface area contributed by atoms with Crippen molar-refractivity contribution in [3.63, 3.8) is 0 Å². The van der Waals surface area contributed by atoms with Crippen LogP contribution in [0.3, 0.4) is 0 Å². The second-order valence-corrected chi connectivity index (χ2v) is 8.05. The molecular formula is C18H22BrN3O2. The molecule has 0 radical (unpaired) electrons. The van der Waals surface area contributed by atoms with Gasteiger partial charge >= 0.3 is 6.09 Å². The Labute approximate surface area is 150 Å². The molecule has 2 aromatic rings. The minimum atomic E-state index is -0.461. The van der Waals surface area contributed by atoms with Gasteiger partial charge in [-0.1, -0.05) is 28.1 Å². The summed E-state index contributed by atoms with van der Waals surface area (Å²) >= 11 is 3.48. The Kier molecular flexibility index (Phi) is 4.67. The minimum absolute atomic E-state index is 0.239. The molecule has 1 fully saturated rings. The molecular weight excluding hydrogens is 370 g/mol. The summed E-state index contributed by atoms with van der Waals surface area (Å²) in [4.78, 5) is 13.9. The molecule has 1 amide bonds. The third-order valence-electron chi connectivity index (χ3n) is 4.00. The summed E-state index contributed by atoms with van der Waals surface area (Å²) in [6.07, 6.45) is 0.677. The van der Waals surface area contributed by atoms with Gasteiger partial charge in [-0.15, -0.1) is 0 Å². The van der Waals surface area contributed by atoms with Gasteiger partial charge in [0.15, 0.2) is 0 Å². The van der Waals surface area contributed by atoms with Crippen LogP contribution in [0.25, 0.3) is 11.3 Å². The first-order chi connectivity index (χ1) is 11.3. The van der Waals surface area contributed by atoms with Crippen LogP contribution in [0.5, 0.6) is 0 Å². The SMILES string of the molecule is CC(C)(C)OC(=O)N1CCC(c2cc(-c3cccc(Br)c3)n[nH]2)C1. The molecule has 24 heavy (non-hydrogen) atoms. The highest BCUT2D eigenvalue weighted by Gasteiger charge is 2.31. The number of rotatable bonds is 2. The molecule has 1 saturated heterocycles. The maximum atomic E-state index is 12.2. The lowest BCUT2D eigenvalue weighted by Crippen LogP contribution is -2.35. The molecule has 3 rings (SSSR count). The van der Waals surface area contributed by atoms with Gasteiger partial charge in [-0.25, -0.2) is 4.79 Å². The first-order valence-corrected chi connectivity index (χ1v) is 8.90. The Morgan fingerprint density at radius 1 is 1.38 bits per heavy atom. The first kappa shape index (κ1) is 17.0. The molecule has 6 heteroatoms. The van der Waals surface area contributed by atoms with Gasteiger partial charge in [0.05, 0.1) is 5.69 Å². The number of carbonyl (C=O) groups excluding carboxylic acids is 1. The Morgan fingerprint density at radius 2 is 2.17 bits per heavy atom. The van der Waals surface area contributed by atoms with Crippen LogP contribution in [-0.2, 0) is 4.74 Å². The Morgan fingerprint density at radius 3 is 2.88 bits per heavy atom. The van der Waals surface area contributed by atoms with E-state index in [1.54, 1.807) is 4.90 Å². The summed E-state index contributed by atoms with van der Waals surface area (Å²) in [6.45, 7) is 7.03. The van der Waals surface area contributed by atoms with E-state index in [2.05, 4.69) is 32.2 Å². The van der Waals surface area contributed by atoms with Crippen LogP contribution < -0.4 is 0 Å². The summed E-state index contributed by atoms with van der Waals surface area (Å²) in [6, 6.07) is 10.1. The highest BCUT2D eigenvalue weighted by Crippen LogP contribution is 2.30. The van der Waals surface area contributed by atoms with Crippen molar-refractivity contribution in [1.29, 1.82) is 0 Å². The number of H-pyrrole nitrogens is 1. The lowest BCUT2D eigenvalue weighted by Gasteiger charge is -2.24.